The van der Waals surface area contributed by atoms with Crippen LogP contribution in [0, 0.1) is 5.92 Å². The monoisotopic (exact) mass is 744 g/mol. The fourth-order valence-electron chi connectivity index (χ4n) is 7.22. The molecule has 0 radical (unpaired) electrons. The number of halogens is 3. The first kappa shape index (κ1) is 37.5. The molecule has 278 valence electrons. The van der Waals surface area contributed by atoms with Gasteiger partial charge in [-0.3, -0.25) is 14.4 Å². The number of carbonyl (C=O) groups is 1. The fraction of sp³-hybridized carbons (Fsp3) is 0.697. The zero-order chi connectivity index (χ0) is 35.5. The molecule has 1 aromatic heterocycles. The van der Waals surface area contributed by atoms with Gasteiger partial charge in [0.05, 0.1) is 56.6 Å². The fourth-order valence-corrected chi connectivity index (χ4v) is 9.13. The van der Waals surface area contributed by atoms with Gasteiger partial charge in [0.25, 0.3) is 0 Å². The molecule has 1 atom stereocenters. The van der Waals surface area contributed by atoms with Crippen molar-refractivity contribution < 1.29 is 41.0 Å². The highest BCUT2D eigenvalue weighted by molar-refractivity contribution is 7.99. The lowest BCUT2D eigenvalue weighted by atomic mass is 9.95. The molecule has 3 saturated heterocycles. The molecule has 0 saturated carbocycles. The molecule has 1 amide bonds. The Morgan fingerprint density at radius 1 is 1.00 bits per heavy atom. The van der Waals surface area contributed by atoms with Gasteiger partial charge in [0.2, 0.25) is 15.9 Å². The van der Waals surface area contributed by atoms with Crippen molar-refractivity contribution in [3.8, 4) is 11.3 Å². The number of hydrogen-bond donors (Lipinski definition) is 1. The Bertz CT molecular complexity index is 1590. The minimum absolute atomic E-state index is 0.0360. The summed E-state index contributed by atoms with van der Waals surface area (Å²) in [5.74, 6) is 0.603. The zero-order valence-electron chi connectivity index (χ0n) is 28.4. The van der Waals surface area contributed by atoms with Gasteiger partial charge in [-0.05, 0) is 38.1 Å². The second-order valence-electron chi connectivity index (χ2n) is 13.5. The maximum Gasteiger partial charge on any atom is 0.417 e. The summed E-state index contributed by atoms with van der Waals surface area (Å²) in [4.78, 5) is 19.2. The number of benzene rings is 1. The van der Waals surface area contributed by atoms with E-state index in [4.69, 9.17) is 14.6 Å². The number of β-amino-alcohol motifs (C(OH)–C–C–N with tert-alkyl or cyclic N) is 1. The van der Waals surface area contributed by atoms with Crippen LogP contribution < -0.4 is 0 Å². The van der Waals surface area contributed by atoms with Crippen LogP contribution in [0.25, 0.3) is 11.3 Å². The van der Waals surface area contributed by atoms with Crippen LogP contribution in [0.3, 0.4) is 0 Å². The van der Waals surface area contributed by atoms with Gasteiger partial charge in [-0.25, -0.2) is 8.42 Å². The Morgan fingerprint density at radius 2 is 1.68 bits per heavy atom. The molecule has 1 N–H and O–H groups in total. The molecule has 6 rings (SSSR count). The molecule has 1 unspecified atom stereocenters. The molecule has 50 heavy (non-hydrogen) atoms. The molecule has 12 nitrogen and oxygen atoms in total. The summed E-state index contributed by atoms with van der Waals surface area (Å²) in [6.07, 6.45) is -2.41. The van der Waals surface area contributed by atoms with Crippen molar-refractivity contribution in [1.29, 1.82) is 0 Å². The lowest BCUT2D eigenvalue weighted by molar-refractivity contribution is -0.141. The molecule has 0 bridgehead atoms. The van der Waals surface area contributed by atoms with Gasteiger partial charge in [-0.15, -0.1) is 11.8 Å². The Labute approximate surface area is 295 Å². The van der Waals surface area contributed by atoms with Crippen molar-refractivity contribution >= 4 is 27.7 Å². The first-order valence-electron chi connectivity index (χ1n) is 17.3. The van der Waals surface area contributed by atoms with E-state index in [1.807, 2.05) is 4.90 Å². The third-order valence-electron chi connectivity index (χ3n) is 10.0. The number of sulfonamides is 1. The highest BCUT2D eigenvalue weighted by Gasteiger charge is 2.36. The van der Waals surface area contributed by atoms with Crippen LogP contribution in [-0.4, -0.2) is 152 Å². The number of rotatable bonds is 11. The van der Waals surface area contributed by atoms with E-state index in [0.717, 1.165) is 42.9 Å². The number of piperidine rings is 1. The highest BCUT2D eigenvalue weighted by atomic mass is 32.2. The van der Waals surface area contributed by atoms with Crippen molar-refractivity contribution in [2.75, 3.05) is 97.3 Å². The Morgan fingerprint density at radius 3 is 2.34 bits per heavy atom. The SMILES string of the molecule is CS(=O)(=O)N1CCc2c(c(-c3ccc(C(F)(F)F)c(SCCN4CCOCC4)c3)nn2CC(O)CN2CCC(C(=O)N3CCOCC3)CC2)C1. The lowest BCUT2D eigenvalue weighted by Crippen LogP contribution is -2.47. The summed E-state index contributed by atoms with van der Waals surface area (Å²) in [5, 5.41) is 16.1. The number of ether oxygens (including phenoxy) is 2. The number of carbonyl (C=O) groups excluding carboxylic acids is 1. The second kappa shape index (κ2) is 16.2. The molecule has 5 heterocycles. The van der Waals surface area contributed by atoms with Crippen LogP contribution in [0.1, 0.15) is 29.7 Å². The molecule has 2 aromatic rings. The summed E-state index contributed by atoms with van der Waals surface area (Å²) < 4.78 is 81.3. The summed E-state index contributed by atoms with van der Waals surface area (Å²) in [5.41, 5.74) is 1.59. The molecule has 3 fully saturated rings. The predicted molar refractivity (Wildman–Crippen MR) is 182 cm³/mol. The van der Waals surface area contributed by atoms with Crippen molar-refractivity contribution in [1.82, 2.24) is 28.8 Å². The Balaban J connectivity index is 1.18. The van der Waals surface area contributed by atoms with E-state index < -0.39 is 27.9 Å². The van der Waals surface area contributed by atoms with Crippen molar-refractivity contribution in [3.05, 3.63) is 35.0 Å². The van der Waals surface area contributed by atoms with E-state index in [1.54, 1.807) is 4.68 Å². The van der Waals surface area contributed by atoms with Crippen LogP contribution in [-0.2, 0) is 50.0 Å². The predicted octanol–water partition coefficient (Wildman–Crippen LogP) is 2.24. The first-order valence-corrected chi connectivity index (χ1v) is 20.2. The molecule has 4 aliphatic heterocycles. The van der Waals surface area contributed by atoms with Gasteiger partial charge in [0.15, 0.2) is 0 Å². The molecular formula is C33H47F3N6O6S2. The maximum atomic E-state index is 14.1. The molecule has 4 aliphatic rings. The summed E-state index contributed by atoms with van der Waals surface area (Å²) >= 11 is 1.15. The molecule has 17 heteroatoms. The maximum absolute atomic E-state index is 14.1. The number of fused-ring (bicyclic) bond motifs is 1. The van der Waals surface area contributed by atoms with Gasteiger partial charge in [0.1, 0.15) is 0 Å². The normalized spacial score (nSPS) is 21.3. The quantitative estimate of drug-likeness (QED) is 0.344. The number of aliphatic hydroxyl groups is 1. The number of thioether (sulfide) groups is 1. The number of nitrogens with zero attached hydrogens (tertiary/aromatic N) is 6. The number of amides is 1. The third-order valence-corrected chi connectivity index (χ3v) is 12.3. The second-order valence-corrected chi connectivity index (χ2v) is 16.6. The Hall–Kier alpha value is -2.25. The van der Waals surface area contributed by atoms with Crippen molar-refractivity contribution in [2.24, 2.45) is 5.92 Å². The third kappa shape index (κ3) is 9.21. The minimum atomic E-state index is -4.54. The standard InChI is InChI=1S/C33H47F3N6O6S2/c1-50(45,46)41-9-6-29-27(23-41)31(25-2-3-28(33(34,35)36)30(20-25)49-19-14-38-10-15-47-16-11-38)37-42(29)22-26(43)21-39-7-4-24(5-8-39)32(44)40-12-17-48-18-13-40/h2-3,20,24,26,43H,4-19,21-23H2,1H3. The van der Waals surface area contributed by atoms with Crippen LogP contribution in [0.2, 0.25) is 0 Å². The molecule has 0 aliphatic carbocycles. The van der Waals surface area contributed by atoms with Gasteiger partial charge in [0, 0.05) is 92.2 Å². The minimum Gasteiger partial charge on any atom is -0.390 e. The van der Waals surface area contributed by atoms with Crippen LogP contribution in [0.15, 0.2) is 23.1 Å². The highest BCUT2D eigenvalue weighted by Crippen LogP contribution is 2.40. The van der Waals surface area contributed by atoms with Gasteiger partial charge in [-0.2, -0.15) is 22.6 Å². The van der Waals surface area contributed by atoms with Crippen LogP contribution in [0.4, 0.5) is 13.2 Å². The topological polar surface area (TPSA) is 121 Å². The van der Waals surface area contributed by atoms with E-state index >= 15 is 0 Å². The van der Waals surface area contributed by atoms with Crippen molar-refractivity contribution in [3.63, 3.8) is 0 Å². The molecule has 0 spiro atoms. The number of morpholine rings is 2. The van der Waals surface area contributed by atoms with Crippen LogP contribution in [0.5, 0.6) is 0 Å². The number of alkyl halides is 3. The number of hydrogen-bond acceptors (Lipinski definition) is 10. The van der Waals surface area contributed by atoms with Gasteiger partial charge in [-0.1, -0.05) is 6.07 Å². The average molecular weight is 745 g/mol. The summed E-state index contributed by atoms with van der Waals surface area (Å²) in [6.45, 7) is 7.88. The van der Waals surface area contributed by atoms with Gasteiger partial charge < -0.3 is 24.4 Å². The summed E-state index contributed by atoms with van der Waals surface area (Å²) in [6, 6.07) is 4.00. The van der Waals surface area contributed by atoms with Crippen molar-refractivity contribution in [2.45, 2.75) is 49.5 Å². The molecule has 1 aromatic carbocycles. The number of aromatic nitrogens is 2. The van der Waals surface area contributed by atoms with Gasteiger partial charge >= 0.3 is 6.18 Å². The van der Waals surface area contributed by atoms with E-state index in [-0.39, 0.29) is 36.4 Å². The molecular weight excluding hydrogens is 698 g/mol. The first-order chi connectivity index (χ1) is 23.9. The smallest absolute Gasteiger partial charge is 0.390 e. The van der Waals surface area contributed by atoms with E-state index in [0.29, 0.717) is 108 Å². The largest absolute Gasteiger partial charge is 0.417 e. The summed E-state index contributed by atoms with van der Waals surface area (Å²) in [7, 11) is -3.53. The van der Waals surface area contributed by atoms with E-state index in [2.05, 4.69) is 9.80 Å². The van der Waals surface area contributed by atoms with E-state index in [1.165, 1.54) is 16.4 Å². The zero-order valence-corrected chi connectivity index (χ0v) is 30.1. The van der Waals surface area contributed by atoms with E-state index in [9.17, 15) is 31.5 Å². The lowest BCUT2D eigenvalue weighted by Gasteiger charge is -2.36. The Kier molecular flexibility index (Phi) is 12.1. The van der Waals surface area contributed by atoms with Crippen LogP contribution >= 0.6 is 11.8 Å². The average Bonchev–Trinajstić information content (AvgIpc) is 3.45. The number of aliphatic hydroxyl groups excluding tert-OH is 1. The number of likely N-dealkylation sites (tertiary alicyclic amines) is 1.